The molecule has 0 saturated carbocycles. The Morgan fingerprint density at radius 3 is 3.15 bits per heavy atom. The molecular formula is C15H19N3O2. The summed E-state index contributed by atoms with van der Waals surface area (Å²) >= 11 is 0. The van der Waals surface area contributed by atoms with E-state index in [1.165, 1.54) is 5.56 Å². The number of aromatic nitrogens is 2. The second kappa shape index (κ2) is 5.73. The molecule has 106 valence electrons. The lowest BCUT2D eigenvalue weighted by atomic mass is 10.1. The van der Waals surface area contributed by atoms with Crippen LogP contribution >= 0.6 is 0 Å². The lowest BCUT2D eigenvalue weighted by molar-refractivity contribution is 0.0613. The van der Waals surface area contributed by atoms with Crippen LogP contribution in [0, 0.1) is 6.92 Å². The fourth-order valence-electron chi connectivity index (χ4n) is 2.59. The highest BCUT2D eigenvalue weighted by Gasteiger charge is 2.20. The topological polar surface area (TPSA) is 62.4 Å². The largest absolute Gasteiger partial charge is 0.392 e. The Labute approximate surface area is 118 Å². The summed E-state index contributed by atoms with van der Waals surface area (Å²) in [7, 11) is 0. The first kappa shape index (κ1) is 13.3. The number of aliphatic hydroxyl groups excluding tert-OH is 1. The lowest BCUT2D eigenvalue weighted by Crippen LogP contribution is -2.37. The summed E-state index contributed by atoms with van der Waals surface area (Å²) in [5.74, 6) is 1.23. The van der Waals surface area contributed by atoms with Crippen molar-refractivity contribution in [1.82, 2.24) is 15.0 Å². The fraction of sp³-hybridized carbons (Fsp3) is 0.467. The SMILES string of the molecule is Cc1cccc(-c2noc(CN3CCC[C@H](O)C3)n2)c1. The van der Waals surface area contributed by atoms with Crippen molar-refractivity contribution < 1.29 is 9.63 Å². The molecule has 0 unspecified atom stereocenters. The first-order chi connectivity index (χ1) is 9.70. The smallest absolute Gasteiger partial charge is 0.241 e. The van der Waals surface area contributed by atoms with Crippen LogP contribution in [0.5, 0.6) is 0 Å². The molecule has 0 aliphatic carbocycles. The molecule has 1 aliphatic rings. The molecule has 1 saturated heterocycles. The Balaban J connectivity index is 1.70. The minimum Gasteiger partial charge on any atom is -0.392 e. The van der Waals surface area contributed by atoms with Crippen molar-refractivity contribution in [2.45, 2.75) is 32.4 Å². The number of aryl methyl sites for hydroxylation is 1. The Bertz CT molecular complexity index is 582. The standard InChI is InChI=1S/C15H19N3O2/c1-11-4-2-5-12(8-11)15-16-14(20-17-15)10-18-7-3-6-13(19)9-18/h2,4-5,8,13,19H,3,6-7,9-10H2,1H3/t13-/m0/s1. The molecule has 2 heterocycles. The van der Waals surface area contributed by atoms with Crippen molar-refractivity contribution in [3.63, 3.8) is 0 Å². The number of piperidine rings is 1. The minimum atomic E-state index is -0.233. The van der Waals surface area contributed by atoms with E-state index in [-0.39, 0.29) is 6.10 Å². The molecule has 20 heavy (non-hydrogen) atoms. The summed E-state index contributed by atoms with van der Waals surface area (Å²) in [5.41, 5.74) is 2.15. The predicted octanol–water partition coefficient (Wildman–Crippen LogP) is 2.00. The van der Waals surface area contributed by atoms with E-state index in [4.69, 9.17) is 4.52 Å². The summed E-state index contributed by atoms with van der Waals surface area (Å²) in [6.07, 6.45) is 1.66. The number of hydrogen-bond donors (Lipinski definition) is 1. The summed E-state index contributed by atoms with van der Waals surface area (Å²) in [6, 6.07) is 8.05. The van der Waals surface area contributed by atoms with Gasteiger partial charge in [0.1, 0.15) is 0 Å². The van der Waals surface area contributed by atoms with Gasteiger partial charge >= 0.3 is 0 Å². The van der Waals surface area contributed by atoms with E-state index in [2.05, 4.69) is 15.0 Å². The van der Waals surface area contributed by atoms with Crippen molar-refractivity contribution in [3.05, 3.63) is 35.7 Å². The van der Waals surface area contributed by atoms with Gasteiger partial charge in [-0.25, -0.2) is 0 Å². The van der Waals surface area contributed by atoms with Gasteiger partial charge in [0.05, 0.1) is 12.6 Å². The van der Waals surface area contributed by atoms with Gasteiger partial charge in [-0.15, -0.1) is 0 Å². The van der Waals surface area contributed by atoms with Crippen molar-refractivity contribution >= 4 is 0 Å². The van der Waals surface area contributed by atoms with Crippen LogP contribution in [0.2, 0.25) is 0 Å². The monoisotopic (exact) mass is 273 g/mol. The van der Waals surface area contributed by atoms with Gasteiger partial charge in [-0.1, -0.05) is 28.9 Å². The van der Waals surface area contributed by atoms with Crippen LogP contribution in [0.15, 0.2) is 28.8 Å². The quantitative estimate of drug-likeness (QED) is 0.926. The van der Waals surface area contributed by atoms with Crippen LogP contribution in [0.1, 0.15) is 24.3 Å². The zero-order valence-corrected chi connectivity index (χ0v) is 11.6. The number of hydrogen-bond acceptors (Lipinski definition) is 5. The van der Waals surface area contributed by atoms with E-state index < -0.39 is 0 Å². The maximum Gasteiger partial charge on any atom is 0.241 e. The van der Waals surface area contributed by atoms with Crippen molar-refractivity contribution in [2.24, 2.45) is 0 Å². The molecule has 0 amide bonds. The van der Waals surface area contributed by atoms with E-state index in [0.29, 0.717) is 24.8 Å². The maximum absolute atomic E-state index is 9.66. The average molecular weight is 273 g/mol. The van der Waals surface area contributed by atoms with Gasteiger partial charge < -0.3 is 9.63 Å². The van der Waals surface area contributed by atoms with Crippen molar-refractivity contribution in [2.75, 3.05) is 13.1 Å². The predicted molar refractivity (Wildman–Crippen MR) is 75.0 cm³/mol. The number of aliphatic hydroxyl groups is 1. The van der Waals surface area contributed by atoms with Crippen LogP contribution in [0.3, 0.4) is 0 Å². The third kappa shape index (κ3) is 3.05. The first-order valence-electron chi connectivity index (χ1n) is 7.01. The van der Waals surface area contributed by atoms with Crippen LogP contribution in [-0.2, 0) is 6.54 Å². The molecule has 1 atom stereocenters. The molecule has 1 N–H and O–H groups in total. The molecule has 3 rings (SSSR count). The van der Waals surface area contributed by atoms with Gasteiger partial charge in [0.2, 0.25) is 11.7 Å². The van der Waals surface area contributed by atoms with E-state index in [9.17, 15) is 5.11 Å². The molecular weight excluding hydrogens is 254 g/mol. The highest BCUT2D eigenvalue weighted by molar-refractivity contribution is 5.55. The van der Waals surface area contributed by atoms with E-state index >= 15 is 0 Å². The molecule has 0 bridgehead atoms. The zero-order chi connectivity index (χ0) is 13.9. The number of likely N-dealkylation sites (tertiary alicyclic amines) is 1. The molecule has 2 aromatic rings. The highest BCUT2D eigenvalue weighted by Crippen LogP contribution is 2.18. The Morgan fingerprint density at radius 2 is 2.35 bits per heavy atom. The molecule has 1 aromatic heterocycles. The maximum atomic E-state index is 9.66. The second-order valence-corrected chi connectivity index (χ2v) is 5.41. The Morgan fingerprint density at radius 1 is 1.45 bits per heavy atom. The molecule has 0 radical (unpaired) electrons. The molecule has 1 aliphatic heterocycles. The van der Waals surface area contributed by atoms with Gasteiger partial charge in [0.15, 0.2) is 0 Å². The molecule has 1 aromatic carbocycles. The lowest BCUT2D eigenvalue weighted by Gasteiger charge is -2.28. The van der Waals surface area contributed by atoms with E-state index in [0.717, 1.165) is 24.9 Å². The third-order valence-corrected chi connectivity index (χ3v) is 3.58. The number of β-amino-alcohol motifs (C(OH)–C–C–N with tert-alkyl or cyclic N) is 1. The molecule has 0 spiro atoms. The van der Waals surface area contributed by atoms with E-state index in [1.54, 1.807) is 0 Å². The summed E-state index contributed by atoms with van der Waals surface area (Å²) in [6.45, 7) is 4.30. The van der Waals surface area contributed by atoms with Gasteiger partial charge in [0, 0.05) is 12.1 Å². The Kier molecular flexibility index (Phi) is 3.80. The van der Waals surface area contributed by atoms with Gasteiger partial charge in [0.25, 0.3) is 0 Å². The van der Waals surface area contributed by atoms with Crippen molar-refractivity contribution in [3.8, 4) is 11.4 Å². The Hall–Kier alpha value is -1.72. The van der Waals surface area contributed by atoms with Crippen LogP contribution in [-0.4, -0.2) is 39.3 Å². The van der Waals surface area contributed by atoms with Gasteiger partial charge in [-0.05, 0) is 32.4 Å². The normalized spacial score (nSPS) is 20.2. The summed E-state index contributed by atoms with van der Waals surface area (Å²) < 4.78 is 5.31. The minimum absolute atomic E-state index is 0.233. The van der Waals surface area contributed by atoms with Gasteiger partial charge in [-0.2, -0.15) is 4.98 Å². The van der Waals surface area contributed by atoms with Crippen LogP contribution in [0.25, 0.3) is 11.4 Å². The average Bonchev–Trinajstić information content (AvgIpc) is 2.87. The number of rotatable bonds is 3. The van der Waals surface area contributed by atoms with E-state index in [1.807, 2.05) is 31.2 Å². The fourth-order valence-corrected chi connectivity index (χ4v) is 2.59. The summed E-state index contributed by atoms with van der Waals surface area (Å²) in [5, 5.41) is 13.7. The first-order valence-corrected chi connectivity index (χ1v) is 7.01. The summed E-state index contributed by atoms with van der Waals surface area (Å²) in [4.78, 5) is 6.59. The van der Waals surface area contributed by atoms with Gasteiger partial charge in [-0.3, -0.25) is 4.90 Å². The third-order valence-electron chi connectivity index (χ3n) is 3.58. The van der Waals surface area contributed by atoms with Crippen LogP contribution in [0.4, 0.5) is 0 Å². The molecule has 5 heteroatoms. The van der Waals surface area contributed by atoms with Crippen molar-refractivity contribution in [1.29, 1.82) is 0 Å². The number of nitrogens with zero attached hydrogens (tertiary/aromatic N) is 3. The van der Waals surface area contributed by atoms with Crippen LogP contribution < -0.4 is 0 Å². The molecule has 1 fully saturated rings. The highest BCUT2D eigenvalue weighted by atomic mass is 16.5. The zero-order valence-electron chi connectivity index (χ0n) is 11.6. The molecule has 5 nitrogen and oxygen atoms in total. The number of benzene rings is 1. The second-order valence-electron chi connectivity index (χ2n) is 5.41.